The second kappa shape index (κ2) is 6.17. The lowest BCUT2D eigenvalue weighted by Crippen LogP contribution is -2.53. The van der Waals surface area contributed by atoms with Gasteiger partial charge in [-0.1, -0.05) is 37.3 Å². The number of rotatable bonds is 3. The summed E-state index contributed by atoms with van der Waals surface area (Å²) >= 11 is 0. The van der Waals surface area contributed by atoms with E-state index in [2.05, 4.69) is 24.1 Å². The summed E-state index contributed by atoms with van der Waals surface area (Å²) in [6, 6.07) is 9.95. The van der Waals surface area contributed by atoms with E-state index in [4.69, 9.17) is 5.73 Å². The minimum Gasteiger partial charge on any atom is -0.332 e. The van der Waals surface area contributed by atoms with E-state index in [1.165, 1.54) is 5.56 Å². The van der Waals surface area contributed by atoms with Crippen LogP contribution < -0.4 is 5.73 Å². The first-order valence-electron chi connectivity index (χ1n) is 6.93. The Bertz CT molecular complexity index is 421. The molecule has 0 aliphatic carbocycles. The van der Waals surface area contributed by atoms with Crippen molar-refractivity contribution in [3.63, 3.8) is 0 Å². The maximum Gasteiger partial charge on any atom is 0.240 e. The van der Waals surface area contributed by atoms with Gasteiger partial charge in [0.05, 0.1) is 12.1 Å². The van der Waals surface area contributed by atoms with Crippen molar-refractivity contribution < 1.29 is 4.79 Å². The summed E-state index contributed by atoms with van der Waals surface area (Å²) in [5, 5.41) is 0. The van der Waals surface area contributed by atoms with Gasteiger partial charge >= 0.3 is 0 Å². The van der Waals surface area contributed by atoms with Crippen LogP contribution in [0.25, 0.3) is 0 Å². The standard InChI is InChI=1S/C15H23N3O/c1-3-13(16)15(19)18-10-9-17(2)11-14(18)12-7-5-4-6-8-12/h4-8,13-14H,3,9-11,16H2,1-2H3/t13-,14?/m1/s1. The van der Waals surface area contributed by atoms with Crippen molar-refractivity contribution in [1.29, 1.82) is 0 Å². The second-order valence-electron chi connectivity index (χ2n) is 5.24. The van der Waals surface area contributed by atoms with Gasteiger partial charge in [-0.2, -0.15) is 0 Å². The molecule has 1 fully saturated rings. The monoisotopic (exact) mass is 261 g/mol. The van der Waals surface area contributed by atoms with E-state index in [0.717, 1.165) is 19.6 Å². The number of benzene rings is 1. The summed E-state index contributed by atoms with van der Waals surface area (Å²) < 4.78 is 0. The zero-order chi connectivity index (χ0) is 13.8. The maximum absolute atomic E-state index is 12.4. The highest BCUT2D eigenvalue weighted by Crippen LogP contribution is 2.25. The summed E-state index contributed by atoms with van der Waals surface area (Å²) in [5.41, 5.74) is 7.10. The van der Waals surface area contributed by atoms with Crippen LogP contribution in [0.2, 0.25) is 0 Å². The van der Waals surface area contributed by atoms with E-state index in [1.54, 1.807) is 0 Å². The Morgan fingerprint density at radius 3 is 2.68 bits per heavy atom. The molecule has 4 heteroatoms. The van der Waals surface area contributed by atoms with Gasteiger partial charge in [0, 0.05) is 19.6 Å². The first kappa shape index (κ1) is 14.0. The largest absolute Gasteiger partial charge is 0.332 e. The van der Waals surface area contributed by atoms with Crippen LogP contribution in [-0.2, 0) is 4.79 Å². The summed E-state index contributed by atoms with van der Waals surface area (Å²) in [5.74, 6) is 0.0736. The predicted octanol–water partition coefficient (Wildman–Crippen LogP) is 1.24. The van der Waals surface area contributed by atoms with E-state index in [9.17, 15) is 4.79 Å². The number of hydrogen-bond donors (Lipinski definition) is 1. The molecule has 19 heavy (non-hydrogen) atoms. The number of nitrogens with two attached hydrogens (primary N) is 1. The number of hydrogen-bond acceptors (Lipinski definition) is 3. The van der Waals surface area contributed by atoms with E-state index in [1.807, 2.05) is 30.0 Å². The molecule has 0 saturated carbocycles. The van der Waals surface area contributed by atoms with Crippen LogP contribution >= 0.6 is 0 Å². The molecular formula is C15H23N3O. The van der Waals surface area contributed by atoms with Gasteiger partial charge in [0.1, 0.15) is 0 Å². The highest BCUT2D eigenvalue weighted by Gasteiger charge is 2.31. The third kappa shape index (κ3) is 3.14. The Hall–Kier alpha value is -1.39. The first-order chi connectivity index (χ1) is 9.13. The molecule has 0 bridgehead atoms. The highest BCUT2D eigenvalue weighted by molar-refractivity contribution is 5.82. The van der Waals surface area contributed by atoms with Crippen LogP contribution in [0.5, 0.6) is 0 Å². The number of likely N-dealkylation sites (N-methyl/N-ethyl adjacent to an activating group) is 1. The fraction of sp³-hybridized carbons (Fsp3) is 0.533. The summed E-state index contributed by atoms with van der Waals surface area (Å²) in [4.78, 5) is 16.6. The van der Waals surface area contributed by atoms with Crippen LogP contribution in [0.15, 0.2) is 30.3 Å². The van der Waals surface area contributed by atoms with Gasteiger partial charge in [-0.3, -0.25) is 4.79 Å². The molecule has 104 valence electrons. The molecule has 1 unspecified atom stereocenters. The van der Waals surface area contributed by atoms with Gasteiger partial charge in [0.25, 0.3) is 0 Å². The van der Waals surface area contributed by atoms with E-state index < -0.39 is 0 Å². The topological polar surface area (TPSA) is 49.6 Å². The number of carbonyl (C=O) groups excluding carboxylic acids is 1. The van der Waals surface area contributed by atoms with Crippen molar-refractivity contribution in [3.8, 4) is 0 Å². The van der Waals surface area contributed by atoms with Crippen molar-refractivity contribution in [3.05, 3.63) is 35.9 Å². The summed E-state index contributed by atoms with van der Waals surface area (Å²) in [7, 11) is 2.09. The van der Waals surface area contributed by atoms with Crippen molar-refractivity contribution in [1.82, 2.24) is 9.80 Å². The van der Waals surface area contributed by atoms with Crippen LogP contribution in [0.3, 0.4) is 0 Å². The van der Waals surface area contributed by atoms with Gasteiger partial charge in [0.15, 0.2) is 0 Å². The van der Waals surface area contributed by atoms with E-state index in [-0.39, 0.29) is 18.0 Å². The van der Waals surface area contributed by atoms with Crippen molar-refractivity contribution in [2.75, 3.05) is 26.7 Å². The molecule has 0 aromatic heterocycles. The molecule has 2 atom stereocenters. The molecule has 1 aliphatic heterocycles. The van der Waals surface area contributed by atoms with Crippen LogP contribution in [0.1, 0.15) is 24.9 Å². The first-order valence-corrected chi connectivity index (χ1v) is 6.93. The number of piperazine rings is 1. The Balaban J connectivity index is 2.22. The third-order valence-corrected chi connectivity index (χ3v) is 3.81. The van der Waals surface area contributed by atoms with Gasteiger partial charge in [-0.05, 0) is 19.0 Å². The molecule has 1 heterocycles. The molecule has 1 amide bonds. The lowest BCUT2D eigenvalue weighted by molar-refractivity contribution is -0.137. The Kier molecular flexibility index (Phi) is 4.56. The molecule has 2 N–H and O–H groups in total. The number of carbonyl (C=O) groups is 1. The van der Waals surface area contributed by atoms with E-state index >= 15 is 0 Å². The lowest BCUT2D eigenvalue weighted by Gasteiger charge is -2.41. The molecule has 1 aromatic carbocycles. The quantitative estimate of drug-likeness (QED) is 0.890. The maximum atomic E-state index is 12.4. The summed E-state index contributed by atoms with van der Waals surface area (Å²) in [6.45, 7) is 4.48. The molecule has 0 radical (unpaired) electrons. The second-order valence-corrected chi connectivity index (χ2v) is 5.24. The van der Waals surface area contributed by atoms with Crippen molar-refractivity contribution in [2.45, 2.75) is 25.4 Å². The molecule has 1 saturated heterocycles. The van der Waals surface area contributed by atoms with Crippen LogP contribution in [0, 0.1) is 0 Å². The SMILES string of the molecule is CC[C@@H](N)C(=O)N1CCN(C)CC1c1ccccc1. The van der Waals surface area contributed by atoms with Gasteiger partial charge in [0.2, 0.25) is 5.91 Å². The van der Waals surface area contributed by atoms with Crippen molar-refractivity contribution in [2.24, 2.45) is 5.73 Å². The predicted molar refractivity (Wildman–Crippen MR) is 76.7 cm³/mol. The smallest absolute Gasteiger partial charge is 0.240 e. The normalized spacial score (nSPS) is 22.3. The number of nitrogens with zero attached hydrogens (tertiary/aromatic N) is 2. The zero-order valence-corrected chi connectivity index (χ0v) is 11.7. The van der Waals surface area contributed by atoms with E-state index in [0.29, 0.717) is 6.42 Å². The molecule has 0 spiro atoms. The van der Waals surface area contributed by atoms with Crippen molar-refractivity contribution >= 4 is 5.91 Å². The Morgan fingerprint density at radius 1 is 1.37 bits per heavy atom. The molecular weight excluding hydrogens is 238 g/mol. The Labute approximate surface area is 115 Å². The lowest BCUT2D eigenvalue weighted by atomic mass is 10.0. The highest BCUT2D eigenvalue weighted by atomic mass is 16.2. The summed E-state index contributed by atoms with van der Waals surface area (Å²) in [6.07, 6.45) is 0.687. The molecule has 4 nitrogen and oxygen atoms in total. The molecule has 1 aliphatic rings. The minimum atomic E-state index is -0.380. The average molecular weight is 261 g/mol. The average Bonchev–Trinajstić information content (AvgIpc) is 2.46. The Morgan fingerprint density at radius 2 is 2.05 bits per heavy atom. The molecule has 2 rings (SSSR count). The van der Waals surface area contributed by atoms with Crippen LogP contribution in [-0.4, -0.2) is 48.4 Å². The number of amides is 1. The zero-order valence-electron chi connectivity index (χ0n) is 11.7. The van der Waals surface area contributed by atoms with Gasteiger partial charge < -0.3 is 15.5 Å². The minimum absolute atomic E-state index is 0.0736. The third-order valence-electron chi connectivity index (χ3n) is 3.81. The van der Waals surface area contributed by atoms with Gasteiger partial charge in [-0.25, -0.2) is 0 Å². The fourth-order valence-corrected chi connectivity index (χ4v) is 2.53. The molecule has 1 aromatic rings. The van der Waals surface area contributed by atoms with Crippen LogP contribution in [0.4, 0.5) is 0 Å². The fourth-order valence-electron chi connectivity index (χ4n) is 2.53. The van der Waals surface area contributed by atoms with Gasteiger partial charge in [-0.15, -0.1) is 0 Å².